The first-order valence-corrected chi connectivity index (χ1v) is 8.59. The molecule has 0 fully saturated rings. The molecule has 1 aromatic heterocycles. The van der Waals surface area contributed by atoms with Crippen molar-refractivity contribution >= 4 is 28.2 Å². The first-order chi connectivity index (χ1) is 8.43. The third kappa shape index (κ3) is 3.00. The van der Waals surface area contributed by atoms with Crippen molar-refractivity contribution in [3.63, 3.8) is 0 Å². The maximum Gasteiger partial charge on any atom is 0.185 e. The number of anilines is 1. The van der Waals surface area contributed by atoms with Crippen molar-refractivity contribution in [2.45, 2.75) is 32.7 Å². The molecule has 0 radical (unpaired) electrons. The molecule has 1 unspecified atom stereocenters. The fourth-order valence-corrected chi connectivity index (χ4v) is 3.99. The minimum atomic E-state index is 0.170. The standard InChI is InChI=1S/C13H23N3S2/c1-13(2)7-9(14)11-10(8-13)15-12(18-11)16(3)5-6-17-4/h9H,5-8,14H2,1-4H3. The molecule has 1 aliphatic rings. The van der Waals surface area contributed by atoms with Crippen LogP contribution in [0, 0.1) is 5.41 Å². The van der Waals surface area contributed by atoms with Crippen LogP contribution in [0.1, 0.15) is 36.9 Å². The molecule has 1 heterocycles. The number of hydrogen-bond donors (Lipinski definition) is 1. The van der Waals surface area contributed by atoms with Crippen molar-refractivity contribution in [1.82, 2.24) is 4.98 Å². The van der Waals surface area contributed by atoms with Gasteiger partial charge in [-0.05, 0) is 24.5 Å². The molecule has 18 heavy (non-hydrogen) atoms. The van der Waals surface area contributed by atoms with Crippen molar-refractivity contribution in [1.29, 1.82) is 0 Å². The summed E-state index contributed by atoms with van der Waals surface area (Å²) in [5, 5.41) is 1.13. The van der Waals surface area contributed by atoms with Gasteiger partial charge in [-0.15, -0.1) is 11.3 Å². The highest BCUT2D eigenvalue weighted by atomic mass is 32.2. The number of aromatic nitrogens is 1. The van der Waals surface area contributed by atoms with Crippen LogP contribution in [0.2, 0.25) is 0 Å². The first-order valence-electron chi connectivity index (χ1n) is 6.38. The third-order valence-electron chi connectivity index (χ3n) is 3.43. The molecule has 1 atom stereocenters. The van der Waals surface area contributed by atoms with E-state index in [4.69, 9.17) is 10.7 Å². The summed E-state index contributed by atoms with van der Waals surface area (Å²) in [6.07, 6.45) is 4.26. The van der Waals surface area contributed by atoms with Gasteiger partial charge in [0.2, 0.25) is 0 Å². The Kier molecular flexibility index (Phi) is 4.24. The Morgan fingerprint density at radius 1 is 1.56 bits per heavy atom. The van der Waals surface area contributed by atoms with Gasteiger partial charge in [0.1, 0.15) is 0 Å². The van der Waals surface area contributed by atoms with Gasteiger partial charge in [-0.2, -0.15) is 11.8 Å². The van der Waals surface area contributed by atoms with Crippen LogP contribution in [0.3, 0.4) is 0 Å². The zero-order chi connectivity index (χ0) is 13.3. The van der Waals surface area contributed by atoms with Gasteiger partial charge in [0.05, 0.1) is 5.69 Å². The molecule has 2 N–H and O–H groups in total. The summed E-state index contributed by atoms with van der Waals surface area (Å²) in [5.41, 5.74) is 7.80. The minimum absolute atomic E-state index is 0.170. The monoisotopic (exact) mass is 285 g/mol. The van der Waals surface area contributed by atoms with Crippen LogP contribution in [0.5, 0.6) is 0 Å². The summed E-state index contributed by atoms with van der Waals surface area (Å²) in [7, 11) is 2.12. The number of nitrogens with zero attached hydrogens (tertiary/aromatic N) is 2. The van der Waals surface area contributed by atoms with Crippen molar-refractivity contribution in [2.75, 3.05) is 30.5 Å². The van der Waals surface area contributed by atoms with Gasteiger partial charge >= 0.3 is 0 Å². The molecular weight excluding hydrogens is 262 g/mol. The van der Waals surface area contributed by atoms with E-state index in [1.165, 1.54) is 10.6 Å². The highest BCUT2D eigenvalue weighted by Gasteiger charge is 2.33. The lowest BCUT2D eigenvalue weighted by Gasteiger charge is -2.32. The summed E-state index contributed by atoms with van der Waals surface area (Å²) in [4.78, 5) is 8.36. The summed E-state index contributed by atoms with van der Waals surface area (Å²) in [5.74, 6) is 1.14. The van der Waals surface area contributed by atoms with Crippen LogP contribution in [0.25, 0.3) is 0 Å². The molecule has 0 bridgehead atoms. The second-order valence-electron chi connectivity index (χ2n) is 5.87. The van der Waals surface area contributed by atoms with Gasteiger partial charge in [0.15, 0.2) is 5.13 Å². The first kappa shape index (κ1) is 14.2. The molecule has 0 aromatic carbocycles. The smallest absolute Gasteiger partial charge is 0.185 e. The number of thiazole rings is 1. The number of rotatable bonds is 4. The Balaban J connectivity index is 2.18. The van der Waals surface area contributed by atoms with Gasteiger partial charge < -0.3 is 10.6 Å². The van der Waals surface area contributed by atoms with Crippen molar-refractivity contribution < 1.29 is 0 Å². The average molecular weight is 285 g/mol. The van der Waals surface area contributed by atoms with Crippen LogP contribution in [0.15, 0.2) is 0 Å². The lowest BCUT2D eigenvalue weighted by Crippen LogP contribution is -2.28. The predicted octanol–water partition coefficient (Wildman–Crippen LogP) is 2.91. The molecule has 5 heteroatoms. The number of thioether (sulfide) groups is 1. The number of hydrogen-bond acceptors (Lipinski definition) is 5. The lowest BCUT2D eigenvalue weighted by atomic mass is 9.77. The van der Waals surface area contributed by atoms with Crippen molar-refractivity contribution in [2.24, 2.45) is 11.1 Å². The van der Waals surface area contributed by atoms with E-state index in [1.807, 2.05) is 11.8 Å². The normalized spacial score (nSPS) is 21.7. The Hall–Kier alpha value is -0.260. The molecular formula is C13H23N3S2. The Morgan fingerprint density at radius 3 is 2.94 bits per heavy atom. The zero-order valence-electron chi connectivity index (χ0n) is 11.7. The topological polar surface area (TPSA) is 42.2 Å². The SMILES string of the molecule is CSCCN(C)c1nc2c(s1)C(N)CC(C)(C)C2. The van der Waals surface area contributed by atoms with Crippen LogP contribution < -0.4 is 10.6 Å². The second-order valence-corrected chi connectivity index (χ2v) is 7.87. The molecule has 0 aliphatic heterocycles. The Bertz CT molecular complexity index is 414. The van der Waals surface area contributed by atoms with Crippen molar-refractivity contribution in [3.05, 3.63) is 10.6 Å². The van der Waals surface area contributed by atoms with E-state index >= 15 is 0 Å². The third-order valence-corrected chi connectivity index (χ3v) is 5.36. The largest absolute Gasteiger partial charge is 0.350 e. The van der Waals surface area contributed by atoms with E-state index in [-0.39, 0.29) is 11.5 Å². The van der Waals surface area contributed by atoms with Crippen LogP contribution in [0.4, 0.5) is 5.13 Å². The van der Waals surface area contributed by atoms with Gasteiger partial charge in [0.25, 0.3) is 0 Å². The quantitative estimate of drug-likeness (QED) is 0.923. The van der Waals surface area contributed by atoms with E-state index in [1.54, 1.807) is 11.3 Å². The van der Waals surface area contributed by atoms with Gasteiger partial charge in [0, 0.05) is 30.3 Å². The van der Waals surface area contributed by atoms with Gasteiger partial charge in [-0.3, -0.25) is 0 Å². The van der Waals surface area contributed by atoms with Crippen molar-refractivity contribution in [3.8, 4) is 0 Å². The minimum Gasteiger partial charge on any atom is -0.350 e. The van der Waals surface area contributed by atoms with E-state index in [2.05, 4.69) is 32.1 Å². The molecule has 0 saturated heterocycles. The van der Waals surface area contributed by atoms with Crippen LogP contribution >= 0.6 is 23.1 Å². The lowest BCUT2D eigenvalue weighted by molar-refractivity contribution is 0.282. The Morgan fingerprint density at radius 2 is 2.28 bits per heavy atom. The van der Waals surface area contributed by atoms with E-state index in [9.17, 15) is 0 Å². The summed E-state index contributed by atoms with van der Waals surface area (Å²) >= 11 is 3.65. The highest BCUT2D eigenvalue weighted by Crippen LogP contribution is 2.43. The summed E-state index contributed by atoms with van der Waals surface area (Å²) in [6, 6.07) is 0.170. The highest BCUT2D eigenvalue weighted by molar-refractivity contribution is 7.98. The van der Waals surface area contributed by atoms with E-state index in [0.717, 1.165) is 30.3 Å². The summed E-state index contributed by atoms with van der Waals surface area (Å²) in [6.45, 7) is 5.62. The molecule has 102 valence electrons. The van der Waals surface area contributed by atoms with Gasteiger partial charge in [-0.25, -0.2) is 4.98 Å². The average Bonchev–Trinajstić information content (AvgIpc) is 2.68. The second kappa shape index (κ2) is 5.39. The number of fused-ring (bicyclic) bond motifs is 1. The zero-order valence-corrected chi connectivity index (χ0v) is 13.3. The molecule has 0 amide bonds. The molecule has 3 nitrogen and oxygen atoms in total. The molecule has 0 spiro atoms. The molecule has 0 saturated carbocycles. The molecule has 1 aliphatic carbocycles. The maximum absolute atomic E-state index is 6.28. The van der Waals surface area contributed by atoms with Gasteiger partial charge in [-0.1, -0.05) is 13.8 Å². The van der Waals surface area contributed by atoms with Crippen LogP contribution in [-0.4, -0.2) is 30.6 Å². The predicted molar refractivity (Wildman–Crippen MR) is 82.8 cm³/mol. The Labute approximate surface area is 118 Å². The number of nitrogens with two attached hydrogens (primary N) is 1. The molecule has 2 rings (SSSR count). The van der Waals surface area contributed by atoms with Crippen LogP contribution in [-0.2, 0) is 6.42 Å². The summed E-state index contributed by atoms with van der Waals surface area (Å²) < 4.78 is 0. The van der Waals surface area contributed by atoms with E-state index in [0.29, 0.717) is 0 Å². The molecule has 1 aromatic rings. The maximum atomic E-state index is 6.28. The fraction of sp³-hybridized carbons (Fsp3) is 0.769. The fourth-order valence-electron chi connectivity index (χ4n) is 2.47. The van der Waals surface area contributed by atoms with E-state index < -0.39 is 0 Å².